The number of nitrogens with one attached hydrogen (secondary N) is 1. The molecule has 0 bridgehead atoms. The van der Waals surface area contributed by atoms with Crippen molar-refractivity contribution >= 4 is 31.9 Å². The van der Waals surface area contributed by atoms with Crippen LogP contribution < -0.4 is 5.32 Å². The molecule has 0 aliphatic heterocycles. The van der Waals surface area contributed by atoms with Gasteiger partial charge in [0.25, 0.3) is 0 Å². The molecule has 0 radical (unpaired) electrons. The first-order valence-corrected chi connectivity index (χ1v) is 7.37. The summed E-state index contributed by atoms with van der Waals surface area (Å²) >= 11 is 6.99. The lowest BCUT2D eigenvalue weighted by Crippen LogP contribution is -2.29. The Balaban J connectivity index is 1.85. The number of nitrogens with zero attached hydrogens (tertiary/aromatic N) is 2. The Kier molecular flexibility index (Phi) is 4.97. The molecule has 2 rings (SSSR count). The number of halogens is 2. The highest BCUT2D eigenvalue weighted by Crippen LogP contribution is 2.23. The van der Waals surface area contributed by atoms with Crippen molar-refractivity contribution in [1.82, 2.24) is 14.9 Å². The molecule has 1 aromatic heterocycles. The zero-order valence-electron chi connectivity index (χ0n) is 10.1. The fraction of sp³-hybridized carbons (Fsp3) is 0.308. The van der Waals surface area contributed by atoms with Crippen LogP contribution >= 0.6 is 31.9 Å². The van der Waals surface area contributed by atoms with Crippen LogP contribution in [0.3, 0.4) is 0 Å². The quantitative estimate of drug-likeness (QED) is 0.869. The van der Waals surface area contributed by atoms with Crippen molar-refractivity contribution in [3.63, 3.8) is 0 Å². The van der Waals surface area contributed by atoms with Crippen LogP contribution in [0.4, 0.5) is 0 Å². The Morgan fingerprint density at radius 3 is 2.83 bits per heavy atom. The molecule has 0 aliphatic carbocycles. The Morgan fingerprint density at radius 2 is 2.17 bits per heavy atom. The van der Waals surface area contributed by atoms with Crippen LogP contribution in [0.25, 0.3) is 0 Å². The van der Waals surface area contributed by atoms with Crippen LogP contribution in [0.1, 0.15) is 12.5 Å². The van der Waals surface area contributed by atoms with Crippen molar-refractivity contribution < 1.29 is 0 Å². The minimum absolute atomic E-state index is 0.404. The summed E-state index contributed by atoms with van der Waals surface area (Å²) in [5.74, 6) is 0. The first kappa shape index (κ1) is 13.8. The van der Waals surface area contributed by atoms with E-state index < -0.39 is 0 Å². The fourth-order valence-corrected chi connectivity index (χ4v) is 2.39. The summed E-state index contributed by atoms with van der Waals surface area (Å²) in [4.78, 5) is 4.04. The predicted octanol–water partition coefficient (Wildman–Crippen LogP) is 3.59. The summed E-state index contributed by atoms with van der Waals surface area (Å²) in [6.07, 6.45) is 5.63. The first-order chi connectivity index (χ1) is 8.65. The van der Waals surface area contributed by atoms with Crippen LogP contribution in [0.5, 0.6) is 0 Å². The molecule has 0 saturated carbocycles. The lowest BCUT2D eigenvalue weighted by Gasteiger charge is -2.14. The average Bonchev–Trinajstić information content (AvgIpc) is 2.83. The standard InChI is InChI=1S/C13H15Br2N3/c1-10(8-18-5-4-16-9-18)17-7-11-2-3-12(14)13(15)6-11/h2-6,9-10,17H,7-8H2,1H3. The maximum Gasteiger partial charge on any atom is 0.0946 e. The molecule has 1 unspecified atom stereocenters. The van der Waals surface area contributed by atoms with Crippen molar-refractivity contribution in [2.75, 3.05) is 0 Å². The van der Waals surface area contributed by atoms with Crippen LogP contribution in [0.15, 0.2) is 45.9 Å². The molecule has 0 aliphatic rings. The van der Waals surface area contributed by atoms with Gasteiger partial charge in [0.05, 0.1) is 6.33 Å². The van der Waals surface area contributed by atoms with E-state index in [1.54, 1.807) is 6.20 Å². The number of rotatable bonds is 5. The monoisotopic (exact) mass is 371 g/mol. The van der Waals surface area contributed by atoms with Gasteiger partial charge < -0.3 is 9.88 Å². The topological polar surface area (TPSA) is 29.9 Å². The predicted molar refractivity (Wildman–Crippen MR) is 80.4 cm³/mol. The van der Waals surface area contributed by atoms with E-state index in [2.05, 4.69) is 71.9 Å². The van der Waals surface area contributed by atoms with Gasteiger partial charge in [-0.2, -0.15) is 0 Å². The molecular formula is C13H15Br2N3. The Bertz CT molecular complexity index is 497. The van der Waals surface area contributed by atoms with E-state index in [1.165, 1.54) is 5.56 Å². The van der Waals surface area contributed by atoms with Crippen molar-refractivity contribution in [2.45, 2.75) is 26.1 Å². The lowest BCUT2D eigenvalue weighted by molar-refractivity contribution is 0.476. The zero-order chi connectivity index (χ0) is 13.0. The molecule has 0 spiro atoms. The lowest BCUT2D eigenvalue weighted by atomic mass is 10.2. The highest BCUT2D eigenvalue weighted by atomic mass is 79.9. The van der Waals surface area contributed by atoms with E-state index in [0.717, 1.165) is 22.0 Å². The maximum atomic E-state index is 4.04. The molecule has 1 N–H and O–H groups in total. The van der Waals surface area contributed by atoms with Gasteiger partial charge in [0, 0.05) is 40.5 Å². The van der Waals surface area contributed by atoms with E-state index in [0.29, 0.717) is 6.04 Å². The number of benzene rings is 1. The third-order valence-corrected chi connectivity index (χ3v) is 4.56. The summed E-state index contributed by atoms with van der Waals surface area (Å²) in [5, 5.41) is 3.50. The maximum absolute atomic E-state index is 4.04. The highest BCUT2D eigenvalue weighted by molar-refractivity contribution is 9.13. The number of hydrogen-bond donors (Lipinski definition) is 1. The minimum atomic E-state index is 0.404. The van der Waals surface area contributed by atoms with E-state index in [-0.39, 0.29) is 0 Å². The van der Waals surface area contributed by atoms with Crippen LogP contribution in [0.2, 0.25) is 0 Å². The number of aromatic nitrogens is 2. The van der Waals surface area contributed by atoms with Gasteiger partial charge in [0.1, 0.15) is 0 Å². The van der Waals surface area contributed by atoms with Crippen molar-refractivity contribution in [3.05, 3.63) is 51.4 Å². The van der Waals surface area contributed by atoms with E-state index in [9.17, 15) is 0 Å². The SMILES string of the molecule is CC(Cn1ccnc1)NCc1ccc(Br)c(Br)c1. The second-order valence-corrected chi connectivity index (χ2v) is 6.00. The Morgan fingerprint density at radius 1 is 1.33 bits per heavy atom. The summed E-state index contributed by atoms with van der Waals surface area (Å²) in [5.41, 5.74) is 1.27. The van der Waals surface area contributed by atoms with Gasteiger partial charge in [-0.3, -0.25) is 0 Å². The molecule has 0 saturated heterocycles. The molecule has 18 heavy (non-hydrogen) atoms. The smallest absolute Gasteiger partial charge is 0.0946 e. The third-order valence-electron chi connectivity index (χ3n) is 2.68. The third kappa shape index (κ3) is 3.93. The molecule has 5 heteroatoms. The van der Waals surface area contributed by atoms with Gasteiger partial charge in [-0.15, -0.1) is 0 Å². The van der Waals surface area contributed by atoms with E-state index in [1.807, 2.05) is 12.5 Å². The second kappa shape index (κ2) is 6.50. The van der Waals surface area contributed by atoms with Gasteiger partial charge in [-0.25, -0.2) is 4.98 Å². The van der Waals surface area contributed by atoms with Crippen molar-refractivity contribution in [3.8, 4) is 0 Å². The van der Waals surface area contributed by atoms with E-state index in [4.69, 9.17) is 0 Å². The van der Waals surface area contributed by atoms with Gasteiger partial charge >= 0.3 is 0 Å². The van der Waals surface area contributed by atoms with E-state index >= 15 is 0 Å². The summed E-state index contributed by atoms with van der Waals surface area (Å²) < 4.78 is 4.25. The molecule has 0 fully saturated rings. The highest BCUT2D eigenvalue weighted by Gasteiger charge is 2.03. The molecule has 0 amide bonds. The van der Waals surface area contributed by atoms with Crippen molar-refractivity contribution in [2.24, 2.45) is 0 Å². The molecule has 2 aromatic rings. The molecule has 96 valence electrons. The van der Waals surface area contributed by atoms with Crippen molar-refractivity contribution in [1.29, 1.82) is 0 Å². The minimum Gasteiger partial charge on any atom is -0.336 e. The van der Waals surface area contributed by atoms with Gasteiger partial charge in [-0.05, 0) is 56.5 Å². The molecular weight excluding hydrogens is 358 g/mol. The molecule has 1 heterocycles. The summed E-state index contributed by atoms with van der Waals surface area (Å²) in [7, 11) is 0. The van der Waals surface area contributed by atoms with Crippen LogP contribution in [-0.2, 0) is 13.1 Å². The van der Waals surface area contributed by atoms with Crippen LogP contribution in [-0.4, -0.2) is 15.6 Å². The molecule has 3 nitrogen and oxygen atoms in total. The van der Waals surface area contributed by atoms with Gasteiger partial charge in [0.2, 0.25) is 0 Å². The molecule has 1 aromatic carbocycles. The second-order valence-electron chi connectivity index (χ2n) is 4.29. The first-order valence-electron chi connectivity index (χ1n) is 5.78. The number of hydrogen-bond acceptors (Lipinski definition) is 2. The normalized spacial score (nSPS) is 12.6. The zero-order valence-corrected chi connectivity index (χ0v) is 13.3. The molecule has 1 atom stereocenters. The van der Waals surface area contributed by atoms with Gasteiger partial charge in [-0.1, -0.05) is 6.07 Å². The largest absolute Gasteiger partial charge is 0.336 e. The van der Waals surface area contributed by atoms with Crippen LogP contribution in [0, 0.1) is 0 Å². The Hall–Kier alpha value is -0.650. The summed E-state index contributed by atoms with van der Waals surface area (Å²) in [6.45, 7) is 3.97. The summed E-state index contributed by atoms with van der Waals surface area (Å²) in [6, 6.07) is 6.70. The average molecular weight is 373 g/mol. The Labute approximate surface area is 124 Å². The number of imidazole rings is 1. The van der Waals surface area contributed by atoms with Gasteiger partial charge in [0.15, 0.2) is 0 Å². The fourth-order valence-electron chi connectivity index (χ4n) is 1.72.